The van der Waals surface area contributed by atoms with Crippen molar-refractivity contribution in [2.75, 3.05) is 11.1 Å². The van der Waals surface area contributed by atoms with Gasteiger partial charge in [0.05, 0.1) is 11.0 Å². The second-order valence-electron chi connectivity index (χ2n) is 4.71. The Balaban J connectivity index is 2.14. The average molecular weight is 273 g/mol. The van der Waals surface area contributed by atoms with Crippen LogP contribution in [0.15, 0.2) is 24.3 Å². The highest BCUT2D eigenvalue weighted by atomic mass is 32.2. The third-order valence-electron chi connectivity index (χ3n) is 3.37. The van der Waals surface area contributed by atoms with E-state index in [1.54, 1.807) is 11.8 Å². The zero-order valence-electron chi connectivity index (χ0n) is 10.9. The summed E-state index contributed by atoms with van der Waals surface area (Å²) >= 11 is 1.65. The molecule has 0 radical (unpaired) electrons. The second-order valence-corrected chi connectivity index (χ2v) is 5.80. The number of aromatic amines is 1. The van der Waals surface area contributed by atoms with Crippen LogP contribution in [0.25, 0.3) is 0 Å². The van der Waals surface area contributed by atoms with Crippen LogP contribution in [0.4, 0.5) is 5.82 Å². The molecule has 0 spiro atoms. The van der Waals surface area contributed by atoms with Gasteiger partial charge in [0.1, 0.15) is 0 Å². The largest absolute Gasteiger partial charge is 0.308 e. The summed E-state index contributed by atoms with van der Waals surface area (Å²) in [6.07, 6.45) is 0. The summed E-state index contributed by atoms with van der Waals surface area (Å²) in [4.78, 5) is 11.7. The molecule has 0 bridgehead atoms. The molecule has 2 aromatic rings. The Morgan fingerprint density at radius 1 is 1.32 bits per heavy atom. The number of amides is 1. The second kappa shape index (κ2) is 4.74. The molecule has 0 aliphatic carbocycles. The van der Waals surface area contributed by atoms with E-state index in [-0.39, 0.29) is 11.2 Å². The van der Waals surface area contributed by atoms with Gasteiger partial charge < -0.3 is 5.32 Å². The van der Waals surface area contributed by atoms with Crippen molar-refractivity contribution < 1.29 is 4.79 Å². The number of fused-ring (bicyclic) bond motifs is 1. The number of hydrogen-bond donors (Lipinski definition) is 2. The van der Waals surface area contributed by atoms with E-state index in [0.717, 1.165) is 11.3 Å². The van der Waals surface area contributed by atoms with E-state index >= 15 is 0 Å². The fourth-order valence-corrected chi connectivity index (χ4v) is 3.68. The number of thioether (sulfide) groups is 1. The highest BCUT2D eigenvalue weighted by Crippen LogP contribution is 2.42. The van der Waals surface area contributed by atoms with Crippen LogP contribution in [-0.2, 0) is 4.79 Å². The molecule has 19 heavy (non-hydrogen) atoms. The molecule has 1 amide bonds. The highest BCUT2D eigenvalue weighted by molar-refractivity contribution is 8.00. The molecule has 1 aliphatic heterocycles. The van der Waals surface area contributed by atoms with Gasteiger partial charge in [-0.2, -0.15) is 5.10 Å². The predicted molar refractivity (Wildman–Crippen MR) is 77.4 cm³/mol. The van der Waals surface area contributed by atoms with E-state index in [2.05, 4.69) is 34.6 Å². The monoisotopic (exact) mass is 273 g/mol. The van der Waals surface area contributed by atoms with Crippen molar-refractivity contribution in [3.05, 3.63) is 46.6 Å². The van der Waals surface area contributed by atoms with Gasteiger partial charge in [0.15, 0.2) is 5.82 Å². The maximum atomic E-state index is 11.7. The van der Waals surface area contributed by atoms with Crippen LogP contribution in [0.3, 0.4) is 0 Å². The van der Waals surface area contributed by atoms with Gasteiger partial charge in [-0.3, -0.25) is 9.89 Å². The zero-order chi connectivity index (χ0) is 13.4. The molecule has 2 heterocycles. The Hall–Kier alpha value is -1.75. The van der Waals surface area contributed by atoms with Gasteiger partial charge in [-0.1, -0.05) is 24.3 Å². The SMILES string of the molecule is Cc1ccccc1[C@@H]1SCC(=O)Nc2n[nH]c(C)c21. The lowest BCUT2D eigenvalue weighted by atomic mass is 10.00. The maximum Gasteiger partial charge on any atom is 0.235 e. The highest BCUT2D eigenvalue weighted by Gasteiger charge is 2.28. The van der Waals surface area contributed by atoms with Crippen LogP contribution in [0.5, 0.6) is 0 Å². The van der Waals surface area contributed by atoms with Crippen molar-refractivity contribution in [1.82, 2.24) is 10.2 Å². The Kier molecular flexibility index (Phi) is 3.06. The van der Waals surface area contributed by atoms with Crippen molar-refractivity contribution in [2.24, 2.45) is 0 Å². The van der Waals surface area contributed by atoms with Gasteiger partial charge in [0, 0.05) is 11.3 Å². The Labute approximate surface area is 116 Å². The molecule has 4 nitrogen and oxygen atoms in total. The molecule has 1 aromatic heterocycles. The number of benzene rings is 1. The molecule has 1 aromatic carbocycles. The van der Waals surface area contributed by atoms with Crippen LogP contribution in [0.1, 0.15) is 27.6 Å². The molecule has 3 rings (SSSR count). The molecular weight excluding hydrogens is 258 g/mol. The van der Waals surface area contributed by atoms with Gasteiger partial charge in [-0.15, -0.1) is 11.8 Å². The van der Waals surface area contributed by atoms with Crippen LogP contribution >= 0.6 is 11.8 Å². The first-order valence-electron chi connectivity index (χ1n) is 6.18. The summed E-state index contributed by atoms with van der Waals surface area (Å²) in [7, 11) is 0. The molecule has 1 aliphatic rings. The fraction of sp³-hybridized carbons (Fsp3) is 0.286. The first-order chi connectivity index (χ1) is 9.16. The van der Waals surface area contributed by atoms with E-state index in [1.807, 2.05) is 19.1 Å². The molecule has 0 fully saturated rings. The van der Waals surface area contributed by atoms with Crippen LogP contribution in [0.2, 0.25) is 0 Å². The molecule has 5 heteroatoms. The van der Waals surface area contributed by atoms with Crippen LogP contribution in [0, 0.1) is 13.8 Å². The maximum absolute atomic E-state index is 11.7. The number of rotatable bonds is 1. The molecule has 98 valence electrons. The number of nitrogens with zero attached hydrogens (tertiary/aromatic N) is 1. The van der Waals surface area contributed by atoms with Gasteiger partial charge in [-0.25, -0.2) is 0 Å². The zero-order valence-corrected chi connectivity index (χ0v) is 11.7. The Bertz CT molecular complexity index is 635. The lowest BCUT2D eigenvalue weighted by Crippen LogP contribution is -2.12. The van der Waals surface area contributed by atoms with Crippen LogP contribution < -0.4 is 5.32 Å². The van der Waals surface area contributed by atoms with Crippen LogP contribution in [-0.4, -0.2) is 21.9 Å². The van der Waals surface area contributed by atoms with E-state index < -0.39 is 0 Å². The number of nitrogens with one attached hydrogen (secondary N) is 2. The smallest absolute Gasteiger partial charge is 0.235 e. The van der Waals surface area contributed by atoms with Gasteiger partial charge in [0.25, 0.3) is 0 Å². The van der Waals surface area contributed by atoms with E-state index in [1.165, 1.54) is 11.1 Å². The molecule has 1 atom stereocenters. The number of aromatic nitrogens is 2. The summed E-state index contributed by atoms with van der Waals surface area (Å²) in [6.45, 7) is 4.10. The third-order valence-corrected chi connectivity index (χ3v) is 4.62. The van der Waals surface area contributed by atoms with Gasteiger partial charge in [0.2, 0.25) is 5.91 Å². The van der Waals surface area contributed by atoms with Gasteiger partial charge >= 0.3 is 0 Å². The molecule has 2 N–H and O–H groups in total. The Morgan fingerprint density at radius 3 is 2.89 bits per heavy atom. The summed E-state index contributed by atoms with van der Waals surface area (Å²) in [5, 5.41) is 10.2. The first kappa shape index (κ1) is 12.3. The summed E-state index contributed by atoms with van der Waals surface area (Å²) < 4.78 is 0. The number of carbonyl (C=O) groups excluding carboxylic acids is 1. The molecule has 0 unspecified atom stereocenters. The molecular formula is C14H15N3OS. The number of carbonyl (C=O) groups is 1. The van der Waals surface area contributed by atoms with Crippen molar-refractivity contribution >= 4 is 23.5 Å². The number of aryl methyl sites for hydroxylation is 2. The van der Waals surface area contributed by atoms with Crippen molar-refractivity contribution in [3.8, 4) is 0 Å². The summed E-state index contributed by atoms with van der Waals surface area (Å²) in [5.74, 6) is 1.13. The lowest BCUT2D eigenvalue weighted by Gasteiger charge is -2.17. The van der Waals surface area contributed by atoms with Crippen molar-refractivity contribution in [2.45, 2.75) is 19.1 Å². The first-order valence-corrected chi connectivity index (χ1v) is 7.23. The van der Waals surface area contributed by atoms with Crippen molar-refractivity contribution in [1.29, 1.82) is 0 Å². The normalized spacial score (nSPS) is 18.6. The van der Waals surface area contributed by atoms with E-state index in [9.17, 15) is 4.79 Å². The fourth-order valence-electron chi connectivity index (χ4n) is 2.39. The predicted octanol–water partition coefficient (Wildman–Crippen LogP) is 2.80. The minimum Gasteiger partial charge on any atom is -0.308 e. The number of hydrogen-bond acceptors (Lipinski definition) is 3. The number of H-pyrrole nitrogens is 1. The topological polar surface area (TPSA) is 57.8 Å². The number of anilines is 1. The standard InChI is InChI=1S/C14H15N3OS/c1-8-5-3-4-6-10(8)13-12-9(2)16-17-14(12)15-11(18)7-19-13/h3-6,13H,7H2,1-2H3,(H2,15,16,17,18)/t13-/m0/s1. The lowest BCUT2D eigenvalue weighted by molar-refractivity contribution is -0.113. The average Bonchev–Trinajstić information content (AvgIpc) is 2.65. The summed E-state index contributed by atoms with van der Waals surface area (Å²) in [6, 6.07) is 8.30. The van der Waals surface area contributed by atoms with E-state index in [0.29, 0.717) is 11.6 Å². The summed E-state index contributed by atoms with van der Waals surface area (Å²) in [5.41, 5.74) is 4.58. The minimum absolute atomic E-state index is 0.00818. The van der Waals surface area contributed by atoms with Crippen molar-refractivity contribution in [3.63, 3.8) is 0 Å². The molecule has 0 saturated carbocycles. The van der Waals surface area contributed by atoms with Gasteiger partial charge in [-0.05, 0) is 25.0 Å². The Morgan fingerprint density at radius 2 is 2.11 bits per heavy atom. The van der Waals surface area contributed by atoms with E-state index in [4.69, 9.17) is 0 Å². The molecule has 0 saturated heterocycles. The minimum atomic E-state index is 0.00818. The quantitative estimate of drug-likeness (QED) is 0.840. The third kappa shape index (κ3) is 2.14.